The molecular formula is C11H19ClN4. The summed E-state index contributed by atoms with van der Waals surface area (Å²) < 4.78 is 1.73. The average Bonchev–Trinajstić information content (AvgIpc) is 2.73. The maximum atomic E-state index is 6.19. The number of aryl methyl sites for hydroxylation is 2. The second-order valence-corrected chi connectivity index (χ2v) is 5.18. The molecule has 1 aliphatic heterocycles. The predicted molar refractivity (Wildman–Crippen MR) is 65.7 cm³/mol. The van der Waals surface area contributed by atoms with Crippen LogP contribution in [0.3, 0.4) is 0 Å². The minimum atomic E-state index is 0.186. The highest BCUT2D eigenvalue weighted by molar-refractivity contribution is 6.30. The average molecular weight is 243 g/mol. The number of nitrogens with zero attached hydrogens (tertiary/aromatic N) is 2. The Bertz CT molecular complexity index is 380. The summed E-state index contributed by atoms with van der Waals surface area (Å²) >= 11 is 6.19. The van der Waals surface area contributed by atoms with Crippen molar-refractivity contribution >= 4 is 11.6 Å². The van der Waals surface area contributed by atoms with Crippen LogP contribution in [-0.4, -0.2) is 28.4 Å². The highest BCUT2D eigenvalue weighted by Gasteiger charge is 2.28. The molecule has 1 aliphatic rings. The number of hydrogen-bond donors (Lipinski definition) is 2. The van der Waals surface area contributed by atoms with Crippen molar-refractivity contribution in [1.82, 2.24) is 20.4 Å². The molecule has 2 heterocycles. The quantitative estimate of drug-likeness (QED) is 0.838. The minimum absolute atomic E-state index is 0.186. The molecule has 2 N–H and O–H groups in total. The van der Waals surface area contributed by atoms with Crippen molar-refractivity contribution in [3.63, 3.8) is 0 Å². The summed E-state index contributed by atoms with van der Waals surface area (Å²) in [7, 11) is 1.87. The standard InChI is InChI=1S/C11H19ClN4/c1-8-9(10(12)16(3)15-8)6-14-11(2)4-5-13-7-11/h13-14H,4-7H2,1-3H3. The van der Waals surface area contributed by atoms with Crippen LogP contribution in [-0.2, 0) is 13.6 Å². The van der Waals surface area contributed by atoms with Gasteiger partial charge in [0.15, 0.2) is 0 Å². The Morgan fingerprint density at radius 3 is 2.88 bits per heavy atom. The molecular weight excluding hydrogens is 224 g/mol. The van der Waals surface area contributed by atoms with Gasteiger partial charge >= 0.3 is 0 Å². The van der Waals surface area contributed by atoms with Gasteiger partial charge < -0.3 is 10.6 Å². The van der Waals surface area contributed by atoms with Gasteiger partial charge in [-0.15, -0.1) is 0 Å². The van der Waals surface area contributed by atoms with E-state index in [9.17, 15) is 0 Å². The van der Waals surface area contributed by atoms with Gasteiger partial charge in [-0.05, 0) is 26.8 Å². The molecule has 0 saturated carbocycles. The zero-order chi connectivity index (χ0) is 11.8. The van der Waals surface area contributed by atoms with Crippen molar-refractivity contribution in [3.8, 4) is 0 Å². The molecule has 0 aliphatic carbocycles. The lowest BCUT2D eigenvalue weighted by Gasteiger charge is -2.24. The first-order chi connectivity index (χ1) is 7.52. The molecule has 1 aromatic heterocycles. The zero-order valence-electron chi connectivity index (χ0n) is 10.1. The SMILES string of the molecule is Cc1nn(C)c(Cl)c1CNC1(C)CCNC1. The third-order valence-electron chi connectivity index (χ3n) is 3.33. The van der Waals surface area contributed by atoms with Gasteiger partial charge in [0.25, 0.3) is 0 Å². The summed E-state index contributed by atoms with van der Waals surface area (Å²) in [6.45, 7) is 7.13. The number of rotatable bonds is 3. The summed E-state index contributed by atoms with van der Waals surface area (Å²) in [4.78, 5) is 0. The molecule has 2 rings (SSSR count). The van der Waals surface area contributed by atoms with E-state index in [1.165, 1.54) is 0 Å². The van der Waals surface area contributed by atoms with Gasteiger partial charge in [0.05, 0.1) is 5.69 Å². The fourth-order valence-corrected chi connectivity index (χ4v) is 2.39. The molecule has 1 fully saturated rings. The first-order valence-corrected chi connectivity index (χ1v) is 6.03. The molecule has 0 spiro atoms. The Morgan fingerprint density at radius 1 is 1.62 bits per heavy atom. The van der Waals surface area contributed by atoms with Gasteiger partial charge in [0.1, 0.15) is 5.15 Å². The number of hydrogen-bond acceptors (Lipinski definition) is 3. The lowest BCUT2D eigenvalue weighted by atomic mass is 10.0. The minimum Gasteiger partial charge on any atom is -0.315 e. The summed E-state index contributed by atoms with van der Waals surface area (Å²) in [6, 6.07) is 0. The largest absolute Gasteiger partial charge is 0.315 e. The number of halogens is 1. The van der Waals surface area contributed by atoms with Gasteiger partial charge in [-0.1, -0.05) is 11.6 Å². The molecule has 90 valence electrons. The van der Waals surface area contributed by atoms with E-state index in [0.717, 1.165) is 42.5 Å². The molecule has 0 aromatic carbocycles. The number of aromatic nitrogens is 2. The normalized spacial score (nSPS) is 25.2. The molecule has 5 heteroatoms. The Labute approximate surface area is 101 Å². The molecule has 0 amide bonds. The maximum absolute atomic E-state index is 6.19. The Balaban J connectivity index is 2.04. The second kappa shape index (κ2) is 4.35. The van der Waals surface area contributed by atoms with Crippen LogP contribution in [0.15, 0.2) is 0 Å². The Hall–Kier alpha value is -0.580. The van der Waals surface area contributed by atoms with Crippen molar-refractivity contribution < 1.29 is 0 Å². The van der Waals surface area contributed by atoms with E-state index < -0.39 is 0 Å². The Kier molecular flexibility index (Phi) is 3.24. The highest BCUT2D eigenvalue weighted by Crippen LogP contribution is 2.20. The van der Waals surface area contributed by atoms with Gasteiger partial charge in [-0.25, -0.2) is 0 Å². The van der Waals surface area contributed by atoms with Crippen molar-refractivity contribution in [3.05, 3.63) is 16.4 Å². The van der Waals surface area contributed by atoms with Gasteiger partial charge in [0.2, 0.25) is 0 Å². The van der Waals surface area contributed by atoms with E-state index in [1.807, 2.05) is 14.0 Å². The molecule has 0 bridgehead atoms. The Morgan fingerprint density at radius 2 is 2.38 bits per heavy atom. The summed E-state index contributed by atoms with van der Waals surface area (Å²) in [5.41, 5.74) is 2.30. The third-order valence-corrected chi connectivity index (χ3v) is 3.80. The van der Waals surface area contributed by atoms with Crippen molar-refractivity contribution in [2.24, 2.45) is 7.05 Å². The molecule has 4 nitrogen and oxygen atoms in total. The van der Waals surface area contributed by atoms with E-state index in [1.54, 1.807) is 4.68 Å². The van der Waals surface area contributed by atoms with Crippen LogP contribution in [0.4, 0.5) is 0 Å². The van der Waals surface area contributed by atoms with Crippen LogP contribution in [0.5, 0.6) is 0 Å². The lowest BCUT2D eigenvalue weighted by Crippen LogP contribution is -2.43. The zero-order valence-corrected chi connectivity index (χ0v) is 10.9. The molecule has 16 heavy (non-hydrogen) atoms. The predicted octanol–water partition coefficient (Wildman–Crippen LogP) is 1.22. The van der Waals surface area contributed by atoms with Gasteiger partial charge in [-0.3, -0.25) is 4.68 Å². The van der Waals surface area contributed by atoms with Gasteiger partial charge in [-0.2, -0.15) is 5.10 Å². The van der Waals surface area contributed by atoms with E-state index in [-0.39, 0.29) is 5.54 Å². The molecule has 1 unspecified atom stereocenters. The fourth-order valence-electron chi connectivity index (χ4n) is 2.14. The lowest BCUT2D eigenvalue weighted by molar-refractivity contribution is 0.385. The molecule has 1 atom stereocenters. The van der Waals surface area contributed by atoms with Crippen LogP contribution < -0.4 is 10.6 Å². The van der Waals surface area contributed by atoms with Crippen LogP contribution in [0, 0.1) is 6.92 Å². The van der Waals surface area contributed by atoms with Crippen LogP contribution in [0.25, 0.3) is 0 Å². The third kappa shape index (κ3) is 2.24. The van der Waals surface area contributed by atoms with Crippen LogP contribution in [0.1, 0.15) is 24.6 Å². The second-order valence-electron chi connectivity index (χ2n) is 4.82. The van der Waals surface area contributed by atoms with Crippen LogP contribution >= 0.6 is 11.6 Å². The topological polar surface area (TPSA) is 41.9 Å². The molecule has 1 aromatic rings. The van der Waals surface area contributed by atoms with E-state index in [4.69, 9.17) is 11.6 Å². The summed E-state index contributed by atoms with van der Waals surface area (Å²) in [5, 5.41) is 12.0. The number of nitrogens with one attached hydrogen (secondary N) is 2. The summed E-state index contributed by atoms with van der Waals surface area (Å²) in [6.07, 6.45) is 1.16. The fraction of sp³-hybridized carbons (Fsp3) is 0.727. The van der Waals surface area contributed by atoms with Crippen molar-refractivity contribution in [1.29, 1.82) is 0 Å². The molecule has 0 radical (unpaired) electrons. The van der Waals surface area contributed by atoms with Crippen LogP contribution in [0.2, 0.25) is 5.15 Å². The van der Waals surface area contributed by atoms with E-state index >= 15 is 0 Å². The smallest absolute Gasteiger partial charge is 0.131 e. The maximum Gasteiger partial charge on any atom is 0.131 e. The first kappa shape index (κ1) is 11.9. The van der Waals surface area contributed by atoms with Crippen molar-refractivity contribution in [2.45, 2.75) is 32.4 Å². The van der Waals surface area contributed by atoms with Gasteiger partial charge in [0, 0.05) is 31.2 Å². The first-order valence-electron chi connectivity index (χ1n) is 5.65. The van der Waals surface area contributed by atoms with E-state index in [0.29, 0.717) is 0 Å². The summed E-state index contributed by atoms with van der Waals surface area (Å²) in [5.74, 6) is 0. The monoisotopic (exact) mass is 242 g/mol. The van der Waals surface area contributed by atoms with E-state index in [2.05, 4.69) is 22.7 Å². The molecule has 1 saturated heterocycles. The van der Waals surface area contributed by atoms with Crippen molar-refractivity contribution in [2.75, 3.05) is 13.1 Å². The highest BCUT2D eigenvalue weighted by atomic mass is 35.5.